The van der Waals surface area contributed by atoms with Crippen molar-refractivity contribution < 1.29 is 4.79 Å². The van der Waals surface area contributed by atoms with Gasteiger partial charge in [0.05, 0.1) is 17.3 Å². The van der Waals surface area contributed by atoms with Crippen LogP contribution in [-0.2, 0) is 4.79 Å². The number of aromatic nitrogens is 4. The molecule has 3 heterocycles. The molecule has 1 aliphatic rings. The Bertz CT molecular complexity index is 1130. The zero-order valence-corrected chi connectivity index (χ0v) is 22.5. The van der Waals surface area contributed by atoms with Crippen LogP contribution in [0.25, 0.3) is 16.7 Å². The maximum atomic E-state index is 13.3. The van der Waals surface area contributed by atoms with E-state index in [-0.39, 0.29) is 11.8 Å². The van der Waals surface area contributed by atoms with Gasteiger partial charge >= 0.3 is 0 Å². The third kappa shape index (κ3) is 5.71. The number of nitrogens with zero attached hydrogens (tertiary/aromatic N) is 6. The Kier molecular flexibility index (Phi) is 8.94. The van der Waals surface area contributed by atoms with Gasteiger partial charge in [-0.3, -0.25) is 4.79 Å². The van der Waals surface area contributed by atoms with E-state index in [0.29, 0.717) is 5.91 Å². The predicted molar refractivity (Wildman–Crippen MR) is 147 cm³/mol. The highest BCUT2D eigenvalue weighted by Gasteiger charge is 2.27. The lowest BCUT2D eigenvalue weighted by Crippen LogP contribution is -2.39. The summed E-state index contributed by atoms with van der Waals surface area (Å²) in [4.78, 5) is 27.9. The fraction of sp³-hybridized carbons (Fsp3) is 0.586. The molecule has 194 valence electrons. The number of anilines is 1. The molecule has 0 radical (unpaired) electrons. The Morgan fingerprint density at radius 1 is 0.972 bits per heavy atom. The second-order valence-corrected chi connectivity index (χ2v) is 10.1. The number of amides is 1. The van der Waals surface area contributed by atoms with Crippen LogP contribution in [0.5, 0.6) is 0 Å². The highest BCUT2D eigenvalue weighted by Crippen LogP contribution is 2.30. The highest BCUT2D eigenvalue weighted by atomic mass is 16.2. The minimum atomic E-state index is 0.146. The van der Waals surface area contributed by atoms with Crippen LogP contribution in [0.3, 0.4) is 0 Å². The number of unbranched alkanes of at least 4 members (excludes halogenated alkanes) is 1. The van der Waals surface area contributed by atoms with E-state index in [9.17, 15) is 4.79 Å². The van der Waals surface area contributed by atoms with Gasteiger partial charge in [0, 0.05) is 38.0 Å². The summed E-state index contributed by atoms with van der Waals surface area (Å²) in [5.74, 6) is 2.57. The van der Waals surface area contributed by atoms with E-state index < -0.39 is 0 Å². The van der Waals surface area contributed by atoms with Crippen LogP contribution in [-0.4, -0.2) is 56.7 Å². The van der Waals surface area contributed by atoms with E-state index in [0.717, 1.165) is 99.5 Å². The molecule has 3 aromatic rings. The lowest BCUT2D eigenvalue weighted by molar-refractivity contribution is -0.135. The lowest BCUT2D eigenvalue weighted by Gasteiger charge is -2.26. The van der Waals surface area contributed by atoms with Crippen molar-refractivity contribution in [3.63, 3.8) is 0 Å². The van der Waals surface area contributed by atoms with Crippen molar-refractivity contribution in [2.24, 2.45) is 5.92 Å². The number of carbonyl (C=O) groups excluding carboxylic acids is 1. The van der Waals surface area contributed by atoms with Crippen LogP contribution in [0.2, 0.25) is 0 Å². The summed E-state index contributed by atoms with van der Waals surface area (Å²) in [7, 11) is 0. The molecule has 7 nitrogen and oxygen atoms in total. The van der Waals surface area contributed by atoms with Gasteiger partial charge in [0.25, 0.3) is 0 Å². The van der Waals surface area contributed by atoms with Crippen molar-refractivity contribution in [2.45, 2.75) is 78.6 Å². The van der Waals surface area contributed by atoms with E-state index in [2.05, 4.69) is 49.6 Å². The summed E-state index contributed by atoms with van der Waals surface area (Å²) in [5, 5.41) is 5.69. The van der Waals surface area contributed by atoms with Crippen LogP contribution in [0.1, 0.15) is 84.4 Å². The van der Waals surface area contributed by atoms with Crippen molar-refractivity contribution in [2.75, 3.05) is 31.1 Å². The molecule has 0 aliphatic carbocycles. The normalized spacial score (nSPS) is 16.2. The summed E-state index contributed by atoms with van der Waals surface area (Å²) < 4.78 is 1.93. The Balaban J connectivity index is 1.64. The summed E-state index contributed by atoms with van der Waals surface area (Å²) in [6.07, 6.45) is 9.14. The van der Waals surface area contributed by atoms with Gasteiger partial charge in [-0.15, -0.1) is 0 Å². The number of hydrogen-bond acceptors (Lipinski definition) is 5. The molecule has 1 aliphatic heterocycles. The maximum absolute atomic E-state index is 13.3. The molecule has 0 saturated carbocycles. The first-order valence-electron chi connectivity index (χ1n) is 13.9. The topological polar surface area (TPSA) is 67.2 Å². The van der Waals surface area contributed by atoms with Gasteiger partial charge in [-0.05, 0) is 37.8 Å². The Labute approximate surface area is 215 Å². The van der Waals surface area contributed by atoms with Gasteiger partial charge in [-0.1, -0.05) is 65.2 Å². The smallest absolute Gasteiger partial charge is 0.225 e. The van der Waals surface area contributed by atoms with Gasteiger partial charge in [0.1, 0.15) is 11.6 Å². The van der Waals surface area contributed by atoms with Crippen molar-refractivity contribution >= 4 is 22.8 Å². The van der Waals surface area contributed by atoms with Gasteiger partial charge in [-0.25, -0.2) is 14.6 Å². The van der Waals surface area contributed by atoms with Crippen LogP contribution in [0.15, 0.2) is 36.5 Å². The molecular weight excluding hydrogens is 448 g/mol. The average Bonchev–Trinajstić information content (AvgIpc) is 3.18. The standard InChI is InChI=1S/C29H42N6O/c1-5-8-14-23(7-3)29(36)34-18-12-17-33(19-20-34)27-25-21-30-35(24-15-10-9-11-16-24)28(25)32-26(31-27)22(4)13-6-2/h9-11,15-16,21-23H,5-8,12-14,17-20H2,1-4H3/t22-,23-/m1/s1. The number of hydrogen-bond donors (Lipinski definition) is 0. The fourth-order valence-electron chi connectivity index (χ4n) is 5.25. The molecule has 36 heavy (non-hydrogen) atoms. The van der Waals surface area contributed by atoms with E-state index in [1.807, 2.05) is 29.1 Å². The molecule has 0 spiro atoms. The Morgan fingerprint density at radius 3 is 2.50 bits per heavy atom. The van der Waals surface area contributed by atoms with Crippen molar-refractivity contribution in [3.8, 4) is 5.69 Å². The third-order valence-electron chi connectivity index (χ3n) is 7.44. The average molecular weight is 491 g/mol. The second-order valence-electron chi connectivity index (χ2n) is 10.1. The molecular formula is C29H42N6O. The summed E-state index contributed by atoms with van der Waals surface area (Å²) in [6, 6.07) is 10.2. The molecule has 1 fully saturated rings. The van der Waals surface area contributed by atoms with Gasteiger partial charge < -0.3 is 9.80 Å². The first kappa shape index (κ1) is 26.1. The van der Waals surface area contributed by atoms with Crippen molar-refractivity contribution in [1.82, 2.24) is 24.6 Å². The minimum absolute atomic E-state index is 0.146. The molecule has 1 saturated heterocycles. The molecule has 2 atom stereocenters. The molecule has 2 aromatic heterocycles. The van der Waals surface area contributed by atoms with Crippen LogP contribution in [0, 0.1) is 5.92 Å². The SMILES string of the molecule is CCCC[C@@H](CC)C(=O)N1CCCN(c2nc([C@H](C)CCC)nc3c2cnn3-c2ccccc2)CC1. The molecule has 0 N–H and O–H groups in total. The molecule has 0 bridgehead atoms. The summed E-state index contributed by atoms with van der Waals surface area (Å²) in [6.45, 7) is 12.0. The predicted octanol–water partition coefficient (Wildman–Crippen LogP) is 5.97. The van der Waals surface area contributed by atoms with Crippen LogP contribution >= 0.6 is 0 Å². The monoisotopic (exact) mass is 490 g/mol. The quantitative estimate of drug-likeness (QED) is 0.350. The number of carbonyl (C=O) groups is 1. The summed E-state index contributed by atoms with van der Waals surface area (Å²) in [5.41, 5.74) is 1.85. The van der Waals surface area contributed by atoms with E-state index in [1.54, 1.807) is 0 Å². The minimum Gasteiger partial charge on any atom is -0.354 e. The first-order valence-corrected chi connectivity index (χ1v) is 13.9. The largest absolute Gasteiger partial charge is 0.354 e. The highest BCUT2D eigenvalue weighted by molar-refractivity contribution is 5.88. The van der Waals surface area contributed by atoms with Gasteiger partial charge in [0.15, 0.2) is 5.65 Å². The third-order valence-corrected chi connectivity index (χ3v) is 7.44. The van der Waals surface area contributed by atoms with Gasteiger partial charge in [0.2, 0.25) is 5.91 Å². The number of fused-ring (bicyclic) bond motifs is 1. The van der Waals surface area contributed by atoms with E-state index in [4.69, 9.17) is 15.1 Å². The van der Waals surface area contributed by atoms with Crippen LogP contribution < -0.4 is 4.90 Å². The Hall–Kier alpha value is -2.96. The number of para-hydroxylation sites is 1. The number of benzene rings is 1. The first-order chi connectivity index (χ1) is 17.6. The van der Waals surface area contributed by atoms with E-state index >= 15 is 0 Å². The van der Waals surface area contributed by atoms with Crippen molar-refractivity contribution in [3.05, 3.63) is 42.4 Å². The van der Waals surface area contributed by atoms with Crippen LogP contribution in [0.4, 0.5) is 5.82 Å². The zero-order chi connectivity index (χ0) is 25.5. The molecule has 1 amide bonds. The van der Waals surface area contributed by atoms with E-state index in [1.165, 1.54) is 0 Å². The second kappa shape index (κ2) is 12.3. The van der Waals surface area contributed by atoms with Crippen molar-refractivity contribution in [1.29, 1.82) is 0 Å². The molecule has 1 aromatic carbocycles. The maximum Gasteiger partial charge on any atom is 0.225 e. The lowest BCUT2D eigenvalue weighted by atomic mass is 9.97. The zero-order valence-electron chi connectivity index (χ0n) is 22.5. The molecule has 7 heteroatoms. The number of rotatable bonds is 10. The van der Waals surface area contributed by atoms with Gasteiger partial charge in [-0.2, -0.15) is 5.10 Å². The molecule has 4 rings (SSSR count). The fourth-order valence-corrected chi connectivity index (χ4v) is 5.25. The summed E-state index contributed by atoms with van der Waals surface area (Å²) >= 11 is 0. The molecule has 0 unspecified atom stereocenters. The Morgan fingerprint density at radius 2 is 1.78 bits per heavy atom.